The van der Waals surface area contributed by atoms with E-state index in [1.165, 1.54) is 19.1 Å². The standard InChI is InChI=1S/C16H14F3IN2O3/c1-8(7-23)25-22-16(24)10-5-11(17)12(18)6-15(10)21-14-3-2-9(20)4-13(14)19/h2-6,8,21,23H,7H2,1H3,(H,22,24). The molecule has 3 N–H and O–H groups in total. The number of hydrogen-bond donors (Lipinski definition) is 3. The lowest BCUT2D eigenvalue weighted by Gasteiger charge is -2.15. The van der Waals surface area contributed by atoms with Crippen LogP contribution in [0, 0.1) is 21.0 Å². The van der Waals surface area contributed by atoms with Crippen LogP contribution in [-0.2, 0) is 4.84 Å². The molecule has 2 rings (SSSR count). The lowest BCUT2D eigenvalue weighted by molar-refractivity contribution is -0.0304. The Balaban J connectivity index is 2.33. The zero-order valence-corrected chi connectivity index (χ0v) is 15.1. The van der Waals surface area contributed by atoms with E-state index in [2.05, 4.69) is 5.32 Å². The van der Waals surface area contributed by atoms with Gasteiger partial charge < -0.3 is 10.4 Å². The first-order valence-electron chi connectivity index (χ1n) is 7.09. The Bertz CT molecular complexity index is 789. The highest BCUT2D eigenvalue weighted by Crippen LogP contribution is 2.26. The van der Waals surface area contributed by atoms with E-state index >= 15 is 0 Å². The lowest BCUT2D eigenvalue weighted by Crippen LogP contribution is -2.30. The molecule has 25 heavy (non-hydrogen) atoms. The molecule has 9 heteroatoms. The summed E-state index contributed by atoms with van der Waals surface area (Å²) in [4.78, 5) is 17.0. The molecule has 1 unspecified atom stereocenters. The molecule has 0 aliphatic heterocycles. The van der Waals surface area contributed by atoms with E-state index in [9.17, 15) is 18.0 Å². The van der Waals surface area contributed by atoms with Gasteiger partial charge in [-0.2, -0.15) is 0 Å². The monoisotopic (exact) mass is 466 g/mol. The van der Waals surface area contributed by atoms with Crippen LogP contribution in [0.25, 0.3) is 0 Å². The molecule has 0 bridgehead atoms. The molecular weight excluding hydrogens is 452 g/mol. The van der Waals surface area contributed by atoms with E-state index in [4.69, 9.17) is 9.94 Å². The Morgan fingerprint density at radius 1 is 1.16 bits per heavy atom. The zero-order chi connectivity index (χ0) is 18.6. The second-order valence-corrected chi connectivity index (χ2v) is 6.35. The number of carbonyl (C=O) groups excluding carboxylic acids is 1. The second-order valence-electron chi connectivity index (χ2n) is 5.10. The van der Waals surface area contributed by atoms with Crippen LogP contribution in [0.2, 0.25) is 0 Å². The first-order valence-corrected chi connectivity index (χ1v) is 8.17. The van der Waals surface area contributed by atoms with Gasteiger partial charge in [0.15, 0.2) is 11.6 Å². The van der Waals surface area contributed by atoms with E-state index in [-0.39, 0.29) is 23.5 Å². The van der Waals surface area contributed by atoms with Gasteiger partial charge in [-0.15, -0.1) is 0 Å². The minimum atomic E-state index is -1.24. The van der Waals surface area contributed by atoms with Crippen LogP contribution in [0.4, 0.5) is 24.5 Å². The maximum atomic E-state index is 14.0. The molecule has 0 aromatic heterocycles. The topological polar surface area (TPSA) is 70.6 Å². The molecule has 1 atom stereocenters. The van der Waals surface area contributed by atoms with Gasteiger partial charge in [-0.1, -0.05) is 0 Å². The molecule has 0 heterocycles. The maximum absolute atomic E-state index is 14.0. The van der Waals surface area contributed by atoms with Crippen molar-refractivity contribution < 1.29 is 27.9 Å². The van der Waals surface area contributed by atoms with E-state index in [1.54, 1.807) is 6.07 Å². The minimum Gasteiger partial charge on any atom is -0.394 e. The molecule has 0 aliphatic carbocycles. The van der Waals surface area contributed by atoms with Crippen LogP contribution in [0.3, 0.4) is 0 Å². The van der Waals surface area contributed by atoms with Crippen LogP contribution in [0.5, 0.6) is 0 Å². The number of benzene rings is 2. The quantitative estimate of drug-likeness (QED) is 0.451. The van der Waals surface area contributed by atoms with E-state index < -0.39 is 29.5 Å². The highest BCUT2D eigenvalue weighted by Gasteiger charge is 2.18. The Kier molecular flexibility index (Phi) is 6.62. The number of aliphatic hydroxyl groups excluding tert-OH is 1. The Morgan fingerprint density at radius 3 is 2.48 bits per heavy atom. The van der Waals surface area contributed by atoms with Crippen molar-refractivity contribution in [2.75, 3.05) is 11.9 Å². The molecule has 0 saturated heterocycles. The van der Waals surface area contributed by atoms with Gasteiger partial charge >= 0.3 is 0 Å². The zero-order valence-electron chi connectivity index (χ0n) is 12.9. The molecule has 0 spiro atoms. The lowest BCUT2D eigenvalue weighted by atomic mass is 10.1. The van der Waals surface area contributed by atoms with E-state index in [0.717, 1.165) is 6.07 Å². The highest BCUT2D eigenvalue weighted by atomic mass is 127. The third-order valence-electron chi connectivity index (χ3n) is 3.12. The van der Waals surface area contributed by atoms with Crippen LogP contribution in [0.15, 0.2) is 30.3 Å². The third-order valence-corrected chi connectivity index (χ3v) is 3.79. The van der Waals surface area contributed by atoms with Crippen LogP contribution >= 0.6 is 22.6 Å². The van der Waals surface area contributed by atoms with Crippen LogP contribution in [0.1, 0.15) is 17.3 Å². The predicted molar refractivity (Wildman–Crippen MR) is 93.9 cm³/mol. The third kappa shape index (κ3) is 5.06. The van der Waals surface area contributed by atoms with Crippen molar-refractivity contribution in [3.63, 3.8) is 0 Å². The summed E-state index contributed by atoms with van der Waals surface area (Å²) in [6, 6.07) is 5.68. The minimum absolute atomic E-state index is 0.00915. The largest absolute Gasteiger partial charge is 0.394 e. The number of hydrogen-bond acceptors (Lipinski definition) is 4. The number of nitrogens with one attached hydrogen (secondary N) is 2. The summed E-state index contributed by atoms with van der Waals surface area (Å²) in [5.41, 5.74) is 1.58. The van der Waals surface area contributed by atoms with E-state index in [0.29, 0.717) is 9.64 Å². The number of amides is 1. The molecule has 5 nitrogen and oxygen atoms in total. The van der Waals surface area contributed by atoms with Crippen molar-refractivity contribution in [3.8, 4) is 0 Å². The molecule has 0 saturated carbocycles. The van der Waals surface area contributed by atoms with Gasteiger partial charge in [0.2, 0.25) is 0 Å². The Labute approximate surface area is 155 Å². The molecule has 2 aromatic rings. The van der Waals surface area contributed by atoms with Crippen molar-refractivity contribution >= 4 is 39.9 Å². The molecule has 0 aliphatic rings. The van der Waals surface area contributed by atoms with Gasteiger partial charge in [0, 0.05) is 9.64 Å². The molecular formula is C16H14F3IN2O3. The van der Waals surface area contributed by atoms with Gasteiger partial charge in [0.25, 0.3) is 5.91 Å². The molecule has 1 amide bonds. The van der Waals surface area contributed by atoms with Crippen LogP contribution in [-0.4, -0.2) is 23.7 Å². The first kappa shape index (κ1) is 19.5. The fraction of sp³-hybridized carbons (Fsp3) is 0.188. The second kappa shape index (κ2) is 8.50. The number of aliphatic hydroxyl groups is 1. The summed E-state index contributed by atoms with van der Waals surface area (Å²) < 4.78 is 41.7. The van der Waals surface area contributed by atoms with Gasteiger partial charge in [-0.3, -0.25) is 9.63 Å². The first-order chi connectivity index (χ1) is 11.8. The average molecular weight is 466 g/mol. The number of hydroxylamine groups is 1. The van der Waals surface area contributed by atoms with E-state index in [1.807, 2.05) is 28.1 Å². The normalized spacial score (nSPS) is 11.9. The van der Waals surface area contributed by atoms with Gasteiger partial charge in [0.1, 0.15) is 11.9 Å². The van der Waals surface area contributed by atoms with Gasteiger partial charge in [-0.25, -0.2) is 18.7 Å². The fourth-order valence-corrected chi connectivity index (χ4v) is 2.27. The number of carbonyl (C=O) groups is 1. The fourth-order valence-electron chi connectivity index (χ4n) is 1.82. The summed E-state index contributed by atoms with van der Waals surface area (Å²) in [6.07, 6.45) is -0.695. The van der Waals surface area contributed by atoms with Gasteiger partial charge in [0.05, 0.1) is 23.5 Å². The Hall–Kier alpha value is -1.85. The molecule has 0 radical (unpaired) electrons. The summed E-state index contributed by atoms with van der Waals surface area (Å²) in [5.74, 6) is -3.94. The van der Waals surface area contributed by atoms with Crippen molar-refractivity contribution in [2.45, 2.75) is 13.0 Å². The summed E-state index contributed by atoms with van der Waals surface area (Å²) in [5, 5.41) is 11.4. The van der Waals surface area contributed by atoms with Crippen molar-refractivity contribution in [2.24, 2.45) is 0 Å². The average Bonchev–Trinajstić information content (AvgIpc) is 2.57. The molecule has 0 fully saturated rings. The van der Waals surface area contributed by atoms with Crippen molar-refractivity contribution in [3.05, 3.63) is 56.9 Å². The van der Waals surface area contributed by atoms with Gasteiger partial charge in [-0.05, 0) is 53.8 Å². The molecule has 134 valence electrons. The summed E-state index contributed by atoms with van der Waals surface area (Å²) in [7, 11) is 0. The molecule has 2 aromatic carbocycles. The van der Waals surface area contributed by atoms with Crippen molar-refractivity contribution in [1.82, 2.24) is 5.48 Å². The smallest absolute Gasteiger partial charge is 0.277 e. The van der Waals surface area contributed by atoms with Crippen LogP contribution < -0.4 is 10.8 Å². The number of halogens is 4. The maximum Gasteiger partial charge on any atom is 0.277 e. The summed E-state index contributed by atoms with van der Waals surface area (Å²) in [6.45, 7) is 1.14. The predicted octanol–water partition coefficient (Wildman–Crippen LogP) is 3.49. The van der Waals surface area contributed by atoms with Crippen molar-refractivity contribution in [1.29, 1.82) is 0 Å². The number of anilines is 2. The summed E-state index contributed by atoms with van der Waals surface area (Å²) >= 11 is 1.92. The Morgan fingerprint density at radius 2 is 1.84 bits per heavy atom. The SMILES string of the molecule is CC(CO)ONC(=O)c1cc(F)c(F)cc1Nc1ccc(I)cc1F. The number of rotatable bonds is 6. The highest BCUT2D eigenvalue weighted by molar-refractivity contribution is 14.1.